The molecule has 2 unspecified atom stereocenters. The second-order valence-electron chi connectivity index (χ2n) is 16.7. The molecule has 63 heavy (non-hydrogen) atoms. The maximum Gasteiger partial charge on any atom is 0.135 e. The zero-order valence-electron chi connectivity index (χ0n) is 34.7. The fourth-order valence-corrected chi connectivity index (χ4v) is 10.0. The lowest BCUT2D eigenvalue weighted by molar-refractivity contribution is 0.222. The lowest BCUT2D eigenvalue weighted by Gasteiger charge is -2.20. The van der Waals surface area contributed by atoms with Gasteiger partial charge in [-0.15, -0.1) is 0 Å². The summed E-state index contributed by atoms with van der Waals surface area (Å²) in [6.07, 6.45) is -0.0901. The molecule has 296 valence electrons. The van der Waals surface area contributed by atoms with Gasteiger partial charge in [-0.25, -0.2) is 0 Å². The summed E-state index contributed by atoms with van der Waals surface area (Å²) in [5, 5.41) is 7.45. The van der Waals surface area contributed by atoms with Crippen molar-refractivity contribution in [2.75, 3.05) is 0 Å². The van der Waals surface area contributed by atoms with Gasteiger partial charge in [-0.05, 0) is 129 Å². The minimum Gasteiger partial charge on any atom is -0.484 e. The predicted molar refractivity (Wildman–Crippen MR) is 264 cm³/mol. The van der Waals surface area contributed by atoms with Crippen molar-refractivity contribution in [1.29, 1.82) is 0 Å². The highest BCUT2D eigenvalue weighted by Crippen LogP contribution is 2.51. The number of hydrogen-bond acceptors (Lipinski definition) is 1. The Bertz CT molecular complexity index is 3460. The van der Waals surface area contributed by atoms with E-state index in [2.05, 4.69) is 243 Å². The maximum atomic E-state index is 6.74. The quantitative estimate of drug-likeness (QED) is 0.146. The van der Waals surface area contributed by atoms with E-state index >= 15 is 0 Å². The Hall–Kier alpha value is -8.00. The second-order valence-corrected chi connectivity index (χ2v) is 16.7. The molecule has 0 saturated heterocycles. The predicted octanol–water partition coefficient (Wildman–Crippen LogP) is 16.7. The third-order valence-corrected chi connectivity index (χ3v) is 13.1. The second kappa shape index (κ2) is 15.5. The zero-order valence-corrected chi connectivity index (χ0v) is 34.7. The fourth-order valence-electron chi connectivity index (χ4n) is 10.0. The normalized spacial score (nSPS) is 14.5. The summed E-state index contributed by atoms with van der Waals surface area (Å²) in [6.45, 7) is 0. The van der Waals surface area contributed by atoms with Crippen molar-refractivity contribution in [2.45, 2.75) is 12.0 Å². The first-order valence-corrected chi connectivity index (χ1v) is 21.9. The number of ether oxygens (including phenoxy) is 1. The highest BCUT2D eigenvalue weighted by molar-refractivity contribution is 6.22. The molecule has 0 bridgehead atoms. The smallest absolute Gasteiger partial charge is 0.135 e. The molecule has 0 spiro atoms. The monoisotopic (exact) mass is 802 g/mol. The first kappa shape index (κ1) is 36.8. The van der Waals surface area contributed by atoms with Crippen LogP contribution in [0.1, 0.15) is 28.7 Å². The number of hydrogen-bond donors (Lipinski definition) is 0. The lowest BCUT2D eigenvalue weighted by Crippen LogP contribution is -2.11. The molecule has 0 saturated carbocycles. The van der Waals surface area contributed by atoms with E-state index < -0.39 is 0 Å². The molecule has 0 N–H and O–H groups in total. The van der Waals surface area contributed by atoms with Crippen LogP contribution in [0.2, 0.25) is 0 Å². The molecule has 2 atom stereocenters. The van der Waals surface area contributed by atoms with Crippen LogP contribution >= 0.6 is 0 Å². The Kier molecular flexibility index (Phi) is 9.04. The zero-order chi connectivity index (χ0) is 41.7. The van der Waals surface area contributed by atoms with Crippen LogP contribution in [-0.4, -0.2) is 0 Å². The summed E-state index contributed by atoms with van der Waals surface area (Å²) in [5.74, 6) is 1.04. The van der Waals surface area contributed by atoms with Crippen molar-refractivity contribution in [3.63, 3.8) is 0 Å². The molecule has 0 amide bonds. The minimum absolute atomic E-state index is 0.0890. The van der Waals surface area contributed by atoms with Crippen molar-refractivity contribution in [1.82, 2.24) is 0 Å². The molecule has 12 rings (SSSR count). The Morgan fingerprint density at radius 3 is 1.52 bits per heavy atom. The van der Waals surface area contributed by atoms with Crippen molar-refractivity contribution >= 4 is 32.3 Å². The Morgan fingerprint density at radius 1 is 0.270 bits per heavy atom. The largest absolute Gasteiger partial charge is 0.484 e. The third-order valence-electron chi connectivity index (χ3n) is 13.1. The van der Waals surface area contributed by atoms with Gasteiger partial charge in [0.15, 0.2) is 0 Å². The van der Waals surface area contributed by atoms with E-state index in [0.29, 0.717) is 0 Å². The van der Waals surface area contributed by atoms with Crippen LogP contribution in [0.25, 0.3) is 88.0 Å². The van der Waals surface area contributed by atoms with Gasteiger partial charge in [0.1, 0.15) is 11.9 Å². The third kappa shape index (κ3) is 6.58. The number of fused-ring (bicyclic) bond motifs is 4. The molecule has 1 heteroatoms. The molecule has 1 heterocycles. The average molecular weight is 803 g/mol. The van der Waals surface area contributed by atoms with E-state index in [-0.39, 0.29) is 12.0 Å². The highest BCUT2D eigenvalue weighted by atomic mass is 16.5. The molecule has 0 aromatic heterocycles. The molecule has 0 radical (unpaired) electrons. The fraction of sp³-hybridized carbons (Fsp3) is 0.0323. The Labute approximate surface area is 368 Å². The van der Waals surface area contributed by atoms with Crippen LogP contribution in [-0.2, 0) is 0 Å². The first-order chi connectivity index (χ1) is 31.2. The average Bonchev–Trinajstić information content (AvgIpc) is 3.75. The molecular weight excluding hydrogens is 761 g/mol. The molecular formula is C62H42O. The Morgan fingerprint density at radius 2 is 0.762 bits per heavy atom. The van der Waals surface area contributed by atoms with Crippen LogP contribution in [0, 0.1) is 0 Å². The summed E-state index contributed by atoms with van der Waals surface area (Å²) < 4.78 is 6.74. The van der Waals surface area contributed by atoms with E-state index in [0.717, 1.165) is 5.75 Å². The van der Waals surface area contributed by atoms with E-state index in [9.17, 15) is 0 Å². The van der Waals surface area contributed by atoms with E-state index in [1.54, 1.807) is 0 Å². The van der Waals surface area contributed by atoms with Gasteiger partial charge < -0.3 is 4.74 Å². The molecule has 0 fully saturated rings. The van der Waals surface area contributed by atoms with Crippen LogP contribution in [0.15, 0.2) is 243 Å². The minimum atomic E-state index is -0.0901. The SMILES string of the molecule is c1ccc(-c2ccc3c(-c4cccc(-c5ccc6ccccc6c5)c4)c4ccccc4c(-c4ccc(-c5ccc6c(c5)C(c5ccccc5)C(c5ccccc5)O6)cc4)c3c2)cc1. The van der Waals surface area contributed by atoms with E-state index in [1.165, 1.54) is 105 Å². The number of rotatable bonds is 7. The highest BCUT2D eigenvalue weighted by Gasteiger charge is 2.37. The molecule has 0 aliphatic carbocycles. The van der Waals surface area contributed by atoms with E-state index in [4.69, 9.17) is 4.74 Å². The van der Waals surface area contributed by atoms with Crippen molar-refractivity contribution in [3.8, 4) is 61.4 Å². The van der Waals surface area contributed by atoms with Gasteiger partial charge in [-0.1, -0.05) is 212 Å². The van der Waals surface area contributed by atoms with Gasteiger partial charge in [-0.3, -0.25) is 0 Å². The summed E-state index contributed by atoms with van der Waals surface area (Å²) in [5.41, 5.74) is 15.8. The number of benzene rings is 11. The van der Waals surface area contributed by atoms with Crippen molar-refractivity contribution < 1.29 is 4.74 Å². The van der Waals surface area contributed by atoms with Gasteiger partial charge in [-0.2, -0.15) is 0 Å². The molecule has 11 aromatic carbocycles. The maximum absolute atomic E-state index is 6.74. The van der Waals surface area contributed by atoms with Gasteiger partial charge in [0, 0.05) is 5.56 Å². The standard InChI is InChI=1S/C62H42O/c1-4-15-41(16-5-1)50-33-35-55-56(39-50)59(53-25-12-13-26-54(53)60(55)52-24-14-23-48(38-52)49-32-29-42-17-10-11-22-47(42)37-49)45-30-27-43(28-31-45)51-34-36-58-57(40-51)61(44-18-6-2-7-19-44)62(63-58)46-20-8-3-9-21-46/h1-40,61-62H. The van der Waals surface area contributed by atoms with Crippen LogP contribution in [0.5, 0.6) is 5.75 Å². The molecule has 1 aliphatic heterocycles. The Balaban J connectivity index is 0.995. The topological polar surface area (TPSA) is 9.23 Å². The van der Waals surface area contributed by atoms with Crippen LogP contribution in [0.4, 0.5) is 0 Å². The summed E-state index contributed by atoms with van der Waals surface area (Å²) in [7, 11) is 0. The van der Waals surface area contributed by atoms with Gasteiger partial charge >= 0.3 is 0 Å². The summed E-state index contributed by atoms with van der Waals surface area (Å²) >= 11 is 0. The van der Waals surface area contributed by atoms with E-state index in [1.807, 2.05) is 0 Å². The summed E-state index contributed by atoms with van der Waals surface area (Å²) in [4.78, 5) is 0. The van der Waals surface area contributed by atoms with Crippen molar-refractivity contribution in [3.05, 3.63) is 259 Å². The molecule has 1 nitrogen and oxygen atoms in total. The van der Waals surface area contributed by atoms with Gasteiger partial charge in [0.25, 0.3) is 0 Å². The van der Waals surface area contributed by atoms with Crippen LogP contribution < -0.4 is 4.74 Å². The molecule has 11 aromatic rings. The van der Waals surface area contributed by atoms with Crippen LogP contribution in [0.3, 0.4) is 0 Å². The summed E-state index contributed by atoms with van der Waals surface area (Å²) in [6, 6.07) is 88.6. The first-order valence-electron chi connectivity index (χ1n) is 21.9. The van der Waals surface area contributed by atoms with Crippen molar-refractivity contribution in [2.24, 2.45) is 0 Å². The van der Waals surface area contributed by atoms with Gasteiger partial charge in [0.2, 0.25) is 0 Å². The van der Waals surface area contributed by atoms with Gasteiger partial charge in [0.05, 0.1) is 5.92 Å². The molecule has 1 aliphatic rings. The lowest BCUT2D eigenvalue weighted by atomic mass is 9.83.